The van der Waals surface area contributed by atoms with Gasteiger partial charge in [-0.3, -0.25) is 0 Å². The number of rotatable bonds is 24. The molecule has 3 aromatic heterocycles. The second-order valence-corrected chi connectivity index (χ2v) is 23.2. The van der Waals surface area contributed by atoms with E-state index in [-0.39, 0.29) is 11.3 Å². The number of furan rings is 1. The van der Waals surface area contributed by atoms with Crippen LogP contribution in [0.5, 0.6) is 0 Å². The zero-order valence-electron chi connectivity index (χ0n) is 41.7. The highest BCUT2D eigenvalue weighted by Crippen LogP contribution is 2.46. The molecule has 350 valence electrons. The van der Waals surface area contributed by atoms with Crippen molar-refractivity contribution in [2.45, 2.75) is 163 Å². The molecule has 67 heavy (non-hydrogen) atoms. The molecule has 0 saturated carbocycles. The number of unbranched alkanes of at least 4 members (excludes halogenated alkanes) is 10. The topological polar surface area (TPSA) is 13.1 Å². The number of hydrogen-bond acceptors (Lipinski definition) is 4. The predicted molar refractivity (Wildman–Crippen MR) is 302 cm³/mol. The van der Waals surface area contributed by atoms with E-state index in [1.165, 1.54) is 146 Å². The summed E-state index contributed by atoms with van der Waals surface area (Å²) in [4.78, 5) is 4.79. The van der Waals surface area contributed by atoms with Gasteiger partial charge in [0.25, 0.3) is 0 Å². The molecule has 0 N–H and O–H groups in total. The maximum Gasteiger partial charge on any atom is 0.136 e. The van der Waals surface area contributed by atoms with E-state index in [2.05, 4.69) is 159 Å². The fourth-order valence-corrected chi connectivity index (χ4v) is 13.6. The Balaban J connectivity index is 1.26. The van der Waals surface area contributed by atoms with Gasteiger partial charge in [0.05, 0.1) is 0 Å². The summed E-state index contributed by atoms with van der Waals surface area (Å²) in [5.74, 6) is 0.262. The molecule has 2 unspecified atom stereocenters. The fraction of sp³-hybridized carbons (Fsp3) is 0.397. The summed E-state index contributed by atoms with van der Waals surface area (Å²) in [6, 6.07) is 37.9. The smallest absolute Gasteiger partial charge is 0.136 e. The van der Waals surface area contributed by atoms with Gasteiger partial charge in [-0.15, -0.1) is 22.7 Å². The highest BCUT2D eigenvalue weighted by Gasteiger charge is 2.32. The molecule has 8 rings (SSSR count). The van der Waals surface area contributed by atoms with Crippen molar-refractivity contribution in [1.29, 1.82) is 0 Å². The molecule has 0 aliphatic rings. The van der Waals surface area contributed by atoms with Crippen LogP contribution in [0.3, 0.4) is 0 Å². The van der Waals surface area contributed by atoms with E-state index in [9.17, 15) is 0 Å². The summed E-state index contributed by atoms with van der Waals surface area (Å²) in [7, 11) is 0. The lowest BCUT2D eigenvalue weighted by Gasteiger charge is -2.34. The third-order valence-corrected chi connectivity index (χ3v) is 18.0. The fourth-order valence-electron chi connectivity index (χ4n) is 10.6. The lowest BCUT2D eigenvalue weighted by Crippen LogP contribution is -2.25. The summed E-state index contributed by atoms with van der Waals surface area (Å²) in [5, 5.41) is 4.99. The average molecular weight is 943 g/mol. The van der Waals surface area contributed by atoms with Crippen molar-refractivity contribution >= 4 is 81.5 Å². The van der Waals surface area contributed by atoms with Crippen molar-refractivity contribution < 1.29 is 4.42 Å². The Hall–Kier alpha value is -4.35. The largest absolute Gasteiger partial charge is 0.456 e. The van der Waals surface area contributed by atoms with E-state index >= 15 is 0 Å². The minimum atomic E-state index is -0.176. The van der Waals surface area contributed by atoms with Gasteiger partial charge in [-0.1, -0.05) is 178 Å². The normalized spacial score (nSPS) is 13.3. The third-order valence-electron chi connectivity index (χ3n) is 14.7. The van der Waals surface area contributed by atoms with Crippen molar-refractivity contribution in [3.63, 3.8) is 0 Å². The second-order valence-electron chi connectivity index (χ2n) is 19.6. The first kappa shape index (κ1) is 49.1. The van der Waals surface area contributed by atoms with Crippen LogP contribution in [0.2, 0.25) is 0 Å². The Kier molecular flexibility index (Phi) is 16.4. The lowest BCUT2D eigenvalue weighted by atomic mass is 9.69. The number of hydrogen-bond donors (Lipinski definition) is 0. The Morgan fingerprint density at radius 1 is 0.627 bits per heavy atom. The molecule has 4 heteroatoms. The molecule has 3 heterocycles. The SMILES string of the molecule is C=C(C)SC(=C)c1ccc(C(CC)c2cc(-c3ccc4sc5cc6oc7ccccc7c6cc5c4c3)cc(C(C)(CC)c3cc(CCCCCCCC)c(C)cc3CCCCCCCC)c2)s1. The first-order valence-corrected chi connectivity index (χ1v) is 28.2. The highest BCUT2D eigenvalue weighted by molar-refractivity contribution is 8.11. The number of fused-ring (bicyclic) bond motifs is 6. The summed E-state index contributed by atoms with van der Waals surface area (Å²) in [6.07, 6.45) is 20.2. The molecule has 5 aromatic carbocycles. The summed E-state index contributed by atoms with van der Waals surface area (Å²) in [6.45, 7) is 25.1. The number of thiophene rings is 2. The molecule has 8 aromatic rings. The van der Waals surface area contributed by atoms with Gasteiger partial charge in [-0.05, 0) is 144 Å². The average Bonchev–Trinajstić information content (AvgIpc) is 4.06. The third kappa shape index (κ3) is 10.9. The molecule has 2 atom stereocenters. The van der Waals surface area contributed by atoms with Crippen LogP contribution >= 0.6 is 34.4 Å². The number of aryl methyl sites for hydroxylation is 3. The van der Waals surface area contributed by atoms with E-state index in [4.69, 9.17) is 4.42 Å². The lowest BCUT2D eigenvalue weighted by molar-refractivity contribution is 0.536. The van der Waals surface area contributed by atoms with Crippen molar-refractivity contribution in [3.8, 4) is 11.1 Å². The summed E-state index contributed by atoms with van der Waals surface area (Å²) in [5.41, 5.74) is 13.3. The van der Waals surface area contributed by atoms with E-state index in [0.29, 0.717) is 0 Å². The van der Waals surface area contributed by atoms with Crippen molar-refractivity contribution in [2.24, 2.45) is 0 Å². The zero-order valence-corrected chi connectivity index (χ0v) is 44.1. The van der Waals surface area contributed by atoms with Gasteiger partial charge in [-0.25, -0.2) is 0 Å². The van der Waals surface area contributed by atoms with Crippen LogP contribution in [-0.2, 0) is 18.3 Å². The molecule has 1 nitrogen and oxygen atoms in total. The molecule has 0 aliphatic heterocycles. The molecule has 0 radical (unpaired) electrons. The number of thioether (sulfide) groups is 1. The van der Waals surface area contributed by atoms with E-state index < -0.39 is 0 Å². The molecule has 0 bridgehead atoms. The van der Waals surface area contributed by atoms with Crippen LogP contribution in [0.4, 0.5) is 0 Å². The van der Waals surface area contributed by atoms with Crippen molar-refractivity contribution in [2.75, 3.05) is 0 Å². The van der Waals surface area contributed by atoms with Crippen LogP contribution in [0.15, 0.2) is 120 Å². The molecule has 0 amide bonds. The van der Waals surface area contributed by atoms with Crippen LogP contribution in [0.25, 0.3) is 58.1 Å². The van der Waals surface area contributed by atoms with Crippen LogP contribution in [-0.4, -0.2) is 0 Å². The maximum absolute atomic E-state index is 6.35. The van der Waals surface area contributed by atoms with Gasteiger partial charge >= 0.3 is 0 Å². The van der Waals surface area contributed by atoms with Crippen molar-refractivity contribution in [1.82, 2.24) is 0 Å². The van der Waals surface area contributed by atoms with Crippen molar-refractivity contribution in [3.05, 3.63) is 158 Å². The molecule has 0 fully saturated rings. The standard InChI is InChI=1S/C63H74OS3/c1-10-14-16-18-20-22-26-45-39-56(47(34-43(45)7)27-23-21-19-17-15-11-2)63(9,13-4)50-36-48(35-49(37-50)51(12-3)60-33-32-59(66-60)44(8)65-42(5)6)46-30-31-61-54(38-46)55-40-53-52-28-24-25-29-57(52)64-58(53)41-62(55)67-61/h24-25,28-41,51H,5,8,10-23,26-27H2,1-4,6-7,9H3. The highest BCUT2D eigenvalue weighted by atomic mass is 32.2. The van der Waals surface area contributed by atoms with Crippen LogP contribution in [0, 0.1) is 6.92 Å². The monoisotopic (exact) mass is 942 g/mol. The minimum Gasteiger partial charge on any atom is -0.456 e. The molecule has 0 saturated heterocycles. The second kappa shape index (κ2) is 22.4. The Bertz CT molecular complexity index is 2990. The van der Waals surface area contributed by atoms with Crippen LogP contribution in [0.1, 0.15) is 180 Å². The maximum atomic E-state index is 6.35. The molecular weight excluding hydrogens is 869 g/mol. The zero-order chi connectivity index (χ0) is 47.1. The number of benzene rings is 5. The molecular formula is C63H74OS3. The van der Waals surface area contributed by atoms with Gasteiger partial charge in [0, 0.05) is 56.9 Å². The number of para-hydroxylation sites is 1. The first-order chi connectivity index (χ1) is 32.5. The van der Waals surface area contributed by atoms with E-state index in [1.54, 1.807) is 28.5 Å². The van der Waals surface area contributed by atoms with E-state index in [0.717, 1.165) is 46.7 Å². The van der Waals surface area contributed by atoms with Crippen LogP contribution < -0.4 is 0 Å². The predicted octanol–water partition coefficient (Wildman–Crippen LogP) is 21.3. The number of allylic oxidation sites excluding steroid dienone is 1. The van der Waals surface area contributed by atoms with Gasteiger partial charge in [-0.2, -0.15) is 0 Å². The summed E-state index contributed by atoms with van der Waals surface area (Å²) < 4.78 is 8.94. The first-order valence-electron chi connectivity index (χ1n) is 25.7. The Morgan fingerprint density at radius 3 is 2.04 bits per heavy atom. The Morgan fingerprint density at radius 2 is 1.33 bits per heavy atom. The minimum absolute atomic E-state index is 0.176. The molecule has 0 aliphatic carbocycles. The van der Waals surface area contributed by atoms with Gasteiger partial charge in [0.2, 0.25) is 0 Å². The van der Waals surface area contributed by atoms with Gasteiger partial charge in [0.15, 0.2) is 0 Å². The van der Waals surface area contributed by atoms with Gasteiger partial charge in [0.1, 0.15) is 11.2 Å². The quantitative estimate of drug-likeness (QED) is 0.0560. The molecule has 0 spiro atoms. The Labute approximate surface area is 415 Å². The van der Waals surface area contributed by atoms with E-state index in [1.807, 2.05) is 22.7 Å². The summed E-state index contributed by atoms with van der Waals surface area (Å²) >= 11 is 5.46. The van der Waals surface area contributed by atoms with Gasteiger partial charge < -0.3 is 4.42 Å².